The number of hydrogen-bond donors (Lipinski definition) is 2. The van der Waals surface area contributed by atoms with Crippen molar-refractivity contribution >= 4 is 12.6 Å². The lowest BCUT2D eigenvalue weighted by molar-refractivity contribution is 0.477. The molecule has 1 unspecified atom stereocenters. The Balaban J connectivity index is 3.50. The molecule has 0 spiro atoms. The molecule has 0 bridgehead atoms. The molecule has 0 radical (unpaired) electrons. The van der Waals surface area contributed by atoms with Crippen LogP contribution in [0.15, 0.2) is 0 Å². The van der Waals surface area contributed by atoms with E-state index in [0.29, 0.717) is 17.7 Å². The van der Waals surface area contributed by atoms with Crippen LogP contribution in [0.4, 0.5) is 0 Å². The first kappa shape index (κ1) is 9.31. The van der Waals surface area contributed by atoms with Crippen LogP contribution in [0.5, 0.6) is 0 Å². The molecule has 0 aromatic rings. The van der Waals surface area contributed by atoms with Crippen LogP contribution >= 0.6 is 12.6 Å². The van der Waals surface area contributed by atoms with Crippen molar-refractivity contribution < 1.29 is 0 Å². The first-order valence-electron chi connectivity index (χ1n) is 3.64. The Kier molecular flexibility index (Phi) is 5.30. The Morgan fingerprint density at radius 3 is 1.89 bits per heavy atom. The van der Waals surface area contributed by atoms with Crippen LogP contribution in [-0.4, -0.2) is 11.8 Å². The van der Waals surface area contributed by atoms with E-state index in [1.165, 1.54) is 12.8 Å². The zero-order chi connectivity index (χ0) is 7.28. The summed E-state index contributed by atoms with van der Waals surface area (Å²) in [6.45, 7) is 5.08. The van der Waals surface area contributed by atoms with E-state index in [-0.39, 0.29) is 0 Å². The number of nitrogens with two attached hydrogens (primary N) is 1. The monoisotopic (exact) mass is 147 g/mol. The highest BCUT2D eigenvalue weighted by Gasteiger charge is 2.11. The molecule has 56 valence electrons. The highest BCUT2D eigenvalue weighted by molar-refractivity contribution is 7.81. The van der Waals surface area contributed by atoms with Gasteiger partial charge in [-0.15, -0.1) is 0 Å². The Labute approximate surface area is 63.4 Å². The molecule has 0 aromatic heterocycles. The van der Waals surface area contributed by atoms with Crippen molar-refractivity contribution in [2.75, 3.05) is 6.54 Å². The van der Waals surface area contributed by atoms with E-state index in [1.807, 2.05) is 0 Å². The molecule has 1 nitrogen and oxygen atoms in total. The summed E-state index contributed by atoms with van der Waals surface area (Å²) in [5, 5.41) is 0.403. The van der Waals surface area contributed by atoms with Crippen molar-refractivity contribution in [3.8, 4) is 0 Å². The minimum Gasteiger partial charge on any atom is -0.329 e. The molecule has 0 heterocycles. The first-order valence-corrected chi connectivity index (χ1v) is 4.16. The van der Waals surface area contributed by atoms with Gasteiger partial charge in [-0.1, -0.05) is 26.7 Å². The van der Waals surface area contributed by atoms with Crippen LogP contribution in [0.25, 0.3) is 0 Å². The molecule has 0 saturated heterocycles. The standard InChI is InChI=1S/C7H17NS/c1-3-6(4-2)7(9)5-8/h6-7,9H,3-5,8H2,1-2H3. The largest absolute Gasteiger partial charge is 0.329 e. The lowest BCUT2D eigenvalue weighted by Gasteiger charge is -2.17. The van der Waals surface area contributed by atoms with Crippen molar-refractivity contribution in [2.45, 2.75) is 31.9 Å². The maximum atomic E-state index is 5.45. The van der Waals surface area contributed by atoms with Crippen LogP contribution in [0.3, 0.4) is 0 Å². The Hall–Kier alpha value is 0.310. The van der Waals surface area contributed by atoms with Gasteiger partial charge in [0, 0.05) is 11.8 Å². The highest BCUT2D eigenvalue weighted by Crippen LogP contribution is 2.16. The highest BCUT2D eigenvalue weighted by atomic mass is 32.1. The van der Waals surface area contributed by atoms with Gasteiger partial charge in [0.05, 0.1) is 0 Å². The summed E-state index contributed by atoms with van der Waals surface area (Å²) in [6.07, 6.45) is 2.39. The molecule has 0 amide bonds. The van der Waals surface area contributed by atoms with E-state index in [9.17, 15) is 0 Å². The van der Waals surface area contributed by atoms with Crippen molar-refractivity contribution in [3.05, 3.63) is 0 Å². The minimum absolute atomic E-state index is 0.403. The van der Waals surface area contributed by atoms with Crippen LogP contribution < -0.4 is 5.73 Å². The fourth-order valence-electron chi connectivity index (χ4n) is 1.03. The molecule has 0 aliphatic carbocycles. The molecule has 0 aliphatic rings. The molecule has 0 aromatic carbocycles. The Morgan fingerprint density at radius 2 is 1.78 bits per heavy atom. The lowest BCUT2D eigenvalue weighted by Crippen LogP contribution is -2.22. The van der Waals surface area contributed by atoms with Gasteiger partial charge in [0.25, 0.3) is 0 Å². The summed E-state index contributed by atoms with van der Waals surface area (Å²) in [7, 11) is 0. The second-order valence-corrected chi connectivity index (χ2v) is 3.04. The molecule has 0 rings (SSSR count). The molecule has 9 heavy (non-hydrogen) atoms. The summed E-state index contributed by atoms with van der Waals surface area (Å²) in [4.78, 5) is 0. The average molecular weight is 147 g/mol. The van der Waals surface area contributed by atoms with E-state index < -0.39 is 0 Å². The summed E-state index contributed by atoms with van der Waals surface area (Å²) in [5.74, 6) is 0.707. The quantitative estimate of drug-likeness (QED) is 0.581. The van der Waals surface area contributed by atoms with Crippen LogP contribution in [0, 0.1) is 5.92 Å². The zero-order valence-corrected chi connectivity index (χ0v) is 7.20. The van der Waals surface area contributed by atoms with Gasteiger partial charge in [0.1, 0.15) is 0 Å². The van der Waals surface area contributed by atoms with Gasteiger partial charge in [-0.05, 0) is 5.92 Å². The number of thiol groups is 1. The van der Waals surface area contributed by atoms with Gasteiger partial charge in [0.15, 0.2) is 0 Å². The molecule has 2 N–H and O–H groups in total. The third kappa shape index (κ3) is 3.11. The van der Waals surface area contributed by atoms with Gasteiger partial charge < -0.3 is 5.73 Å². The summed E-state index contributed by atoms with van der Waals surface area (Å²) >= 11 is 4.36. The predicted molar refractivity (Wildman–Crippen MR) is 45.9 cm³/mol. The molecular formula is C7H17NS. The van der Waals surface area contributed by atoms with Gasteiger partial charge in [-0.2, -0.15) is 12.6 Å². The lowest BCUT2D eigenvalue weighted by atomic mass is 9.99. The molecule has 2 heteroatoms. The van der Waals surface area contributed by atoms with E-state index in [1.54, 1.807) is 0 Å². The summed E-state index contributed by atoms with van der Waals surface area (Å²) in [6, 6.07) is 0. The Bertz CT molecular complexity index is 61.9. The maximum absolute atomic E-state index is 5.45. The first-order chi connectivity index (χ1) is 4.26. The van der Waals surface area contributed by atoms with E-state index in [4.69, 9.17) is 5.73 Å². The van der Waals surface area contributed by atoms with Crippen LogP contribution in [0.2, 0.25) is 0 Å². The predicted octanol–water partition coefficient (Wildman–Crippen LogP) is 1.68. The normalized spacial score (nSPS) is 14.3. The number of rotatable bonds is 4. The second-order valence-electron chi connectivity index (χ2n) is 2.38. The summed E-state index contributed by atoms with van der Waals surface area (Å²) < 4.78 is 0. The smallest absolute Gasteiger partial charge is 0.0168 e. The minimum atomic E-state index is 0.403. The van der Waals surface area contributed by atoms with Crippen LogP contribution in [-0.2, 0) is 0 Å². The molecule has 0 aliphatic heterocycles. The van der Waals surface area contributed by atoms with Crippen molar-refractivity contribution in [1.82, 2.24) is 0 Å². The average Bonchev–Trinajstić information content (AvgIpc) is 1.90. The Morgan fingerprint density at radius 1 is 1.33 bits per heavy atom. The van der Waals surface area contributed by atoms with Gasteiger partial charge in [-0.25, -0.2) is 0 Å². The van der Waals surface area contributed by atoms with Crippen molar-refractivity contribution in [1.29, 1.82) is 0 Å². The number of hydrogen-bond acceptors (Lipinski definition) is 2. The topological polar surface area (TPSA) is 26.0 Å². The van der Waals surface area contributed by atoms with Gasteiger partial charge in [0.2, 0.25) is 0 Å². The van der Waals surface area contributed by atoms with E-state index in [0.717, 1.165) is 0 Å². The van der Waals surface area contributed by atoms with Crippen molar-refractivity contribution in [2.24, 2.45) is 11.7 Å². The molecule has 0 saturated carbocycles. The molecule has 0 fully saturated rings. The fourth-order valence-corrected chi connectivity index (χ4v) is 1.45. The molecule has 1 atom stereocenters. The zero-order valence-electron chi connectivity index (χ0n) is 6.30. The van der Waals surface area contributed by atoms with E-state index >= 15 is 0 Å². The van der Waals surface area contributed by atoms with Gasteiger partial charge in [-0.3, -0.25) is 0 Å². The van der Waals surface area contributed by atoms with E-state index in [2.05, 4.69) is 26.5 Å². The maximum Gasteiger partial charge on any atom is 0.0168 e. The third-order valence-corrected chi connectivity index (χ3v) is 2.47. The fraction of sp³-hybridized carbons (Fsp3) is 1.00. The van der Waals surface area contributed by atoms with Gasteiger partial charge >= 0.3 is 0 Å². The van der Waals surface area contributed by atoms with Crippen molar-refractivity contribution in [3.63, 3.8) is 0 Å². The van der Waals surface area contributed by atoms with Crippen LogP contribution in [0.1, 0.15) is 26.7 Å². The summed E-state index contributed by atoms with van der Waals surface area (Å²) in [5.41, 5.74) is 5.45. The second kappa shape index (κ2) is 5.12. The molecular weight excluding hydrogens is 130 g/mol. The SMILES string of the molecule is CCC(CC)C(S)CN. The third-order valence-electron chi connectivity index (χ3n) is 1.83.